The van der Waals surface area contributed by atoms with Gasteiger partial charge in [-0.2, -0.15) is 4.72 Å². The summed E-state index contributed by atoms with van der Waals surface area (Å²) < 4.78 is 31.7. The number of carbonyl (C=O) groups is 1. The van der Waals surface area contributed by atoms with E-state index in [4.69, 9.17) is 16.1 Å². The summed E-state index contributed by atoms with van der Waals surface area (Å²) in [4.78, 5) is 11.6. The predicted octanol–water partition coefficient (Wildman–Crippen LogP) is 1.28. The second-order valence-electron chi connectivity index (χ2n) is 4.37. The van der Waals surface area contributed by atoms with Crippen LogP contribution in [0, 0.1) is 0 Å². The molecular weight excluding hydrogens is 318 g/mol. The topological polar surface area (TPSA) is 101 Å². The normalized spacial score (nSPS) is 13.3. The molecule has 9 heteroatoms. The standard InChI is InChI=1S/C12H14ClN3O4S/c1-3-14-12(17)7(2)16-21(18,19)8-4-5-10-9(6-8)11(13)15-20-10/h4-7,16H,3H2,1-2H3,(H,14,17). The molecule has 1 unspecified atom stereocenters. The zero-order chi connectivity index (χ0) is 15.6. The van der Waals surface area contributed by atoms with Crippen LogP contribution in [0.25, 0.3) is 11.0 Å². The number of likely N-dealkylation sites (N-methyl/N-ethyl adjacent to an activating group) is 1. The van der Waals surface area contributed by atoms with Crippen molar-refractivity contribution in [3.63, 3.8) is 0 Å². The lowest BCUT2D eigenvalue weighted by Gasteiger charge is -2.13. The fourth-order valence-electron chi connectivity index (χ4n) is 1.74. The molecular formula is C12H14ClN3O4S. The van der Waals surface area contributed by atoms with Crippen LogP contribution in [0.4, 0.5) is 0 Å². The van der Waals surface area contributed by atoms with Gasteiger partial charge in [-0.15, -0.1) is 0 Å². The number of benzene rings is 1. The molecule has 2 N–H and O–H groups in total. The molecule has 0 aliphatic carbocycles. The van der Waals surface area contributed by atoms with E-state index in [0.717, 1.165) is 0 Å². The van der Waals surface area contributed by atoms with Gasteiger partial charge in [0.2, 0.25) is 15.9 Å². The number of sulfonamides is 1. The van der Waals surface area contributed by atoms with Gasteiger partial charge >= 0.3 is 0 Å². The largest absolute Gasteiger partial charge is 0.355 e. The van der Waals surface area contributed by atoms with Crippen molar-refractivity contribution in [3.05, 3.63) is 23.4 Å². The SMILES string of the molecule is CCNC(=O)C(C)NS(=O)(=O)c1ccc2onc(Cl)c2c1. The first-order chi connectivity index (χ1) is 9.85. The van der Waals surface area contributed by atoms with Gasteiger partial charge in [0.1, 0.15) is 0 Å². The van der Waals surface area contributed by atoms with E-state index in [2.05, 4.69) is 15.2 Å². The summed E-state index contributed by atoms with van der Waals surface area (Å²) >= 11 is 5.81. The van der Waals surface area contributed by atoms with Crippen LogP contribution < -0.4 is 10.0 Å². The molecule has 1 atom stereocenters. The highest BCUT2D eigenvalue weighted by molar-refractivity contribution is 7.89. The van der Waals surface area contributed by atoms with E-state index in [-0.39, 0.29) is 10.0 Å². The van der Waals surface area contributed by atoms with E-state index in [1.165, 1.54) is 25.1 Å². The highest BCUT2D eigenvalue weighted by atomic mass is 35.5. The lowest BCUT2D eigenvalue weighted by molar-refractivity contribution is -0.122. The number of rotatable bonds is 5. The van der Waals surface area contributed by atoms with Crippen LogP contribution in [-0.4, -0.2) is 32.1 Å². The first-order valence-corrected chi connectivity index (χ1v) is 8.06. The molecule has 21 heavy (non-hydrogen) atoms. The van der Waals surface area contributed by atoms with Crippen LogP contribution >= 0.6 is 11.6 Å². The number of fused-ring (bicyclic) bond motifs is 1. The minimum atomic E-state index is -3.85. The van der Waals surface area contributed by atoms with Gasteiger partial charge in [0, 0.05) is 6.54 Å². The molecule has 0 bridgehead atoms. The summed E-state index contributed by atoms with van der Waals surface area (Å²) in [5.74, 6) is -0.398. The van der Waals surface area contributed by atoms with Crippen molar-refractivity contribution in [2.75, 3.05) is 6.54 Å². The third-order valence-corrected chi connectivity index (χ3v) is 4.59. The molecule has 0 spiro atoms. The summed E-state index contributed by atoms with van der Waals surface area (Å²) in [5.41, 5.74) is 0.385. The van der Waals surface area contributed by atoms with Crippen LogP contribution in [0.3, 0.4) is 0 Å². The summed E-state index contributed by atoms with van der Waals surface area (Å²) in [6.45, 7) is 3.64. The molecule has 0 fully saturated rings. The van der Waals surface area contributed by atoms with Gasteiger partial charge in [0.15, 0.2) is 10.7 Å². The second kappa shape index (κ2) is 6.00. The van der Waals surface area contributed by atoms with Crippen molar-refractivity contribution in [2.24, 2.45) is 0 Å². The maximum Gasteiger partial charge on any atom is 0.241 e. The van der Waals surface area contributed by atoms with Crippen LogP contribution in [0.2, 0.25) is 5.15 Å². The Morgan fingerprint density at radius 1 is 1.48 bits per heavy atom. The summed E-state index contributed by atoms with van der Waals surface area (Å²) in [6, 6.07) is 3.28. The molecule has 0 aliphatic rings. The average Bonchev–Trinajstić information content (AvgIpc) is 2.80. The third-order valence-electron chi connectivity index (χ3n) is 2.78. The average molecular weight is 332 g/mol. The van der Waals surface area contributed by atoms with Gasteiger partial charge in [-0.05, 0) is 32.0 Å². The van der Waals surface area contributed by atoms with Crippen LogP contribution in [0.5, 0.6) is 0 Å². The van der Waals surface area contributed by atoms with E-state index < -0.39 is 22.0 Å². The number of aromatic nitrogens is 1. The van der Waals surface area contributed by atoms with Crippen molar-refractivity contribution in [1.82, 2.24) is 15.2 Å². The molecule has 1 aromatic carbocycles. The van der Waals surface area contributed by atoms with Gasteiger partial charge in [-0.1, -0.05) is 16.8 Å². The quantitative estimate of drug-likeness (QED) is 0.859. The van der Waals surface area contributed by atoms with Crippen LogP contribution in [0.15, 0.2) is 27.6 Å². The maximum absolute atomic E-state index is 12.2. The molecule has 0 aliphatic heterocycles. The number of amides is 1. The second-order valence-corrected chi connectivity index (χ2v) is 6.44. The number of halogens is 1. The maximum atomic E-state index is 12.2. The van der Waals surface area contributed by atoms with Gasteiger partial charge < -0.3 is 9.84 Å². The number of hydrogen-bond donors (Lipinski definition) is 2. The zero-order valence-electron chi connectivity index (χ0n) is 11.4. The minimum absolute atomic E-state index is 0.0174. The Hall–Kier alpha value is -1.64. The molecule has 114 valence electrons. The fraction of sp³-hybridized carbons (Fsp3) is 0.333. The van der Waals surface area contributed by atoms with Crippen molar-refractivity contribution in [3.8, 4) is 0 Å². The van der Waals surface area contributed by atoms with Gasteiger partial charge in [0.25, 0.3) is 0 Å². The Morgan fingerprint density at radius 3 is 2.86 bits per heavy atom. The smallest absolute Gasteiger partial charge is 0.241 e. The fourth-order valence-corrected chi connectivity index (χ4v) is 3.15. The molecule has 0 saturated carbocycles. The van der Waals surface area contributed by atoms with E-state index in [1.54, 1.807) is 6.92 Å². The molecule has 0 saturated heterocycles. The Balaban J connectivity index is 2.29. The van der Waals surface area contributed by atoms with Gasteiger partial charge in [0.05, 0.1) is 16.3 Å². The van der Waals surface area contributed by atoms with Crippen molar-refractivity contribution < 1.29 is 17.7 Å². The monoisotopic (exact) mass is 331 g/mol. The van der Waals surface area contributed by atoms with Gasteiger partial charge in [-0.3, -0.25) is 4.79 Å². The Bertz CT molecular complexity index is 772. The number of hydrogen-bond acceptors (Lipinski definition) is 5. The summed E-state index contributed by atoms with van der Waals surface area (Å²) in [6.07, 6.45) is 0. The molecule has 7 nitrogen and oxygen atoms in total. The lowest BCUT2D eigenvalue weighted by Crippen LogP contribution is -2.44. The van der Waals surface area contributed by atoms with Crippen LogP contribution in [-0.2, 0) is 14.8 Å². The Labute approximate surface area is 126 Å². The molecule has 1 amide bonds. The van der Waals surface area contributed by atoms with E-state index in [0.29, 0.717) is 17.5 Å². The predicted molar refractivity (Wildman–Crippen MR) is 77.5 cm³/mol. The summed E-state index contributed by atoms with van der Waals surface area (Å²) in [7, 11) is -3.85. The van der Waals surface area contributed by atoms with E-state index in [1.807, 2.05) is 0 Å². The molecule has 2 aromatic rings. The first kappa shape index (κ1) is 15.7. The molecule has 1 heterocycles. The lowest BCUT2D eigenvalue weighted by atomic mass is 10.3. The zero-order valence-corrected chi connectivity index (χ0v) is 13.0. The number of nitrogens with one attached hydrogen (secondary N) is 2. The minimum Gasteiger partial charge on any atom is -0.355 e. The van der Waals surface area contributed by atoms with Crippen molar-refractivity contribution in [1.29, 1.82) is 0 Å². The van der Waals surface area contributed by atoms with Crippen LogP contribution in [0.1, 0.15) is 13.8 Å². The third kappa shape index (κ3) is 3.34. The molecule has 1 aromatic heterocycles. The highest BCUT2D eigenvalue weighted by Gasteiger charge is 2.22. The Kier molecular flexibility index (Phi) is 4.50. The Morgan fingerprint density at radius 2 is 2.19 bits per heavy atom. The number of nitrogens with zero attached hydrogens (tertiary/aromatic N) is 1. The molecule has 2 rings (SSSR count). The van der Waals surface area contributed by atoms with Crippen molar-refractivity contribution >= 4 is 38.5 Å². The van der Waals surface area contributed by atoms with Crippen molar-refractivity contribution in [2.45, 2.75) is 24.8 Å². The number of carbonyl (C=O) groups excluding carboxylic acids is 1. The van der Waals surface area contributed by atoms with E-state index in [9.17, 15) is 13.2 Å². The summed E-state index contributed by atoms with van der Waals surface area (Å²) in [5, 5.41) is 6.56. The first-order valence-electron chi connectivity index (χ1n) is 6.20. The highest BCUT2D eigenvalue weighted by Crippen LogP contribution is 2.25. The molecule has 0 radical (unpaired) electrons. The van der Waals surface area contributed by atoms with Gasteiger partial charge in [-0.25, -0.2) is 8.42 Å². The van der Waals surface area contributed by atoms with E-state index >= 15 is 0 Å².